The van der Waals surface area contributed by atoms with Crippen molar-refractivity contribution in [1.29, 1.82) is 0 Å². The maximum atomic E-state index is 12.8. The Morgan fingerprint density at radius 2 is 1.97 bits per heavy atom. The zero-order valence-electron chi connectivity index (χ0n) is 19.0. The molecular formula is C23H27N5O4S. The van der Waals surface area contributed by atoms with Gasteiger partial charge in [-0.15, -0.1) is 0 Å². The molecule has 9 nitrogen and oxygen atoms in total. The average Bonchev–Trinajstić information content (AvgIpc) is 3.43. The fourth-order valence-electron chi connectivity index (χ4n) is 4.01. The fraction of sp³-hybridized carbons (Fsp3) is 0.348. The lowest BCUT2D eigenvalue weighted by molar-refractivity contribution is 0.256. The Balaban J connectivity index is 1.67. The summed E-state index contributed by atoms with van der Waals surface area (Å²) in [6, 6.07) is 8.21. The van der Waals surface area contributed by atoms with Gasteiger partial charge in [-0.2, -0.15) is 13.5 Å². The third kappa shape index (κ3) is 4.70. The van der Waals surface area contributed by atoms with Crippen molar-refractivity contribution < 1.29 is 17.9 Å². The molecule has 33 heavy (non-hydrogen) atoms. The van der Waals surface area contributed by atoms with E-state index in [4.69, 9.17) is 4.74 Å². The molecule has 2 N–H and O–H groups in total. The van der Waals surface area contributed by atoms with Gasteiger partial charge in [0.15, 0.2) is 5.03 Å². The van der Waals surface area contributed by atoms with Gasteiger partial charge in [0, 0.05) is 29.6 Å². The Labute approximate surface area is 193 Å². The Bertz CT molecular complexity index is 1310. The number of benzene rings is 1. The second kappa shape index (κ2) is 8.86. The molecular weight excluding hydrogens is 442 g/mol. The molecule has 2 heterocycles. The van der Waals surface area contributed by atoms with Crippen molar-refractivity contribution in [2.24, 2.45) is 0 Å². The zero-order valence-corrected chi connectivity index (χ0v) is 19.9. The lowest BCUT2D eigenvalue weighted by atomic mass is 9.97. The van der Waals surface area contributed by atoms with Crippen LogP contribution in [0.5, 0.6) is 5.88 Å². The van der Waals surface area contributed by atoms with Crippen molar-refractivity contribution in [3.63, 3.8) is 0 Å². The third-order valence-electron chi connectivity index (χ3n) is 5.59. The minimum absolute atomic E-state index is 0.00180. The predicted molar refractivity (Wildman–Crippen MR) is 125 cm³/mol. The first kappa shape index (κ1) is 22.8. The van der Waals surface area contributed by atoms with Crippen LogP contribution in [0.3, 0.4) is 0 Å². The van der Waals surface area contributed by atoms with Crippen LogP contribution in [0.4, 0.5) is 10.5 Å². The van der Waals surface area contributed by atoms with E-state index in [1.54, 1.807) is 19.4 Å². The molecule has 2 amide bonds. The maximum absolute atomic E-state index is 12.8. The number of ether oxygens (including phenoxy) is 1. The lowest BCUT2D eigenvalue weighted by Crippen LogP contribution is -2.35. The third-order valence-corrected chi connectivity index (χ3v) is 6.81. The minimum atomic E-state index is -4.13. The lowest BCUT2D eigenvalue weighted by Gasteiger charge is -2.17. The monoisotopic (exact) mass is 469 g/mol. The van der Waals surface area contributed by atoms with Crippen LogP contribution in [-0.4, -0.2) is 36.3 Å². The smallest absolute Gasteiger partial charge is 0.333 e. The van der Waals surface area contributed by atoms with E-state index in [-0.39, 0.29) is 11.1 Å². The molecule has 10 heteroatoms. The first-order chi connectivity index (χ1) is 15.7. The number of carbonyl (C=O) groups is 1. The van der Waals surface area contributed by atoms with Gasteiger partial charge >= 0.3 is 6.03 Å². The van der Waals surface area contributed by atoms with Crippen LogP contribution in [0.1, 0.15) is 43.1 Å². The van der Waals surface area contributed by atoms with E-state index in [0.29, 0.717) is 11.6 Å². The Kier molecular flexibility index (Phi) is 6.11. The van der Waals surface area contributed by atoms with E-state index in [1.165, 1.54) is 10.7 Å². The molecule has 3 aromatic rings. The molecule has 174 valence electrons. The topological polar surface area (TPSA) is 115 Å². The summed E-state index contributed by atoms with van der Waals surface area (Å²) in [6.07, 6.45) is 4.25. The summed E-state index contributed by atoms with van der Waals surface area (Å²) in [6.45, 7) is 5.63. The van der Waals surface area contributed by atoms with Gasteiger partial charge in [0.2, 0.25) is 5.88 Å². The van der Waals surface area contributed by atoms with Crippen molar-refractivity contribution in [3.8, 4) is 17.0 Å². The van der Waals surface area contributed by atoms with Gasteiger partial charge in [-0.3, -0.25) is 4.68 Å². The summed E-state index contributed by atoms with van der Waals surface area (Å²) in [5, 5.41) is 6.65. The molecule has 1 aliphatic rings. The Morgan fingerprint density at radius 1 is 1.18 bits per heavy atom. The van der Waals surface area contributed by atoms with Crippen LogP contribution in [-0.2, 0) is 22.9 Å². The first-order valence-corrected chi connectivity index (χ1v) is 12.2. The summed E-state index contributed by atoms with van der Waals surface area (Å²) >= 11 is 0. The number of pyridine rings is 1. The summed E-state index contributed by atoms with van der Waals surface area (Å²) in [4.78, 5) is 17.2. The van der Waals surface area contributed by atoms with Gasteiger partial charge in [0.25, 0.3) is 10.0 Å². The fourth-order valence-corrected chi connectivity index (χ4v) is 4.85. The number of carbonyl (C=O) groups excluding carboxylic acids is 1. The van der Waals surface area contributed by atoms with Crippen LogP contribution < -0.4 is 14.8 Å². The molecule has 4 rings (SSSR count). The number of hydrogen-bond donors (Lipinski definition) is 2. The molecule has 0 saturated carbocycles. The van der Waals surface area contributed by atoms with E-state index < -0.39 is 16.1 Å². The standard InChI is InChI=1S/C23H27N5O4S/c1-14(2)28-11-10-21(26-28)33(30,31)27-23(29)25-22-18-7-5-6-16(18)8-9-19(22)17-12-15(3)24-20(13-17)32-4/h8-14H,5-7H2,1-4H3,(H2,25,27,29). The normalized spacial score (nSPS) is 13.1. The van der Waals surface area contributed by atoms with Gasteiger partial charge in [-0.05, 0) is 68.9 Å². The number of aryl methyl sites for hydroxylation is 2. The van der Waals surface area contributed by atoms with E-state index in [2.05, 4.69) is 26.2 Å². The molecule has 0 fully saturated rings. The van der Waals surface area contributed by atoms with E-state index in [1.807, 2.05) is 32.9 Å². The number of methoxy groups -OCH3 is 1. The van der Waals surface area contributed by atoms with Crippen LogP contribution >= 0.6 is 0 Å². The molecule has 1 aromatic carbocycles. The molecule has 1 aliphatic carbocycles. The zero-order chi connectivity index (χ0) is 23.8. The van der Waals surface area contributed by atoms with Crippen molar-refractivity contribution in [1.82, 2.24) is 19.5 Å². The number of fused-ring (bicyclic) bond motifs is 1. The van der Waals surface area contributed by atoms with Gasteiger partial charge in [0.1, 0.15) is 0 Å². The predicted octanol–water partition coefficient (Wildman–Crippen LogP) is 3.84. The molecule has 0 unspecified atom stereocenters. The first-order valence-electron chi connectivity index (χ1n) is 10.7. The largest absolute Gasteiger partial charge is 0.481 e. The number of nitrogens with zero attached hydrogens (tertiary/aromatic N) is 3. The van der Waals surface area contributed by atoms with Crippen molar-refractivity contribution >= 4 is 21.7 Å². The van der Waals surface area contributed by atoms with Gasteiger partial charge in [-0.1, -0.05) is 12.1 Å². The van der Waals surface area contributed by atoms with E-state index in [0.717, 1.165) is 47.2 Å². The molecule has 0 spiro atoms. The van der Waals surface area contributed by atoms with Crippen molar-refractivity contribution in [3.05, 3.63) is 53.3 Å². The maximum Gasteiger partial charge on any atom is 0.333 e. The molecule has 0 saturated heterocycles. The molecule has 0 radical (unpaired) electrons. The highest BCUT2D eigenvalue weighted by Crippen LogP contribution is 2.38. The number of aromatic nitrogens is 3. The highest BCUT2D eigenvalue weighted by Gasteiger charge is 2.25. The van der Waals surface area contributed by atoms with Crippen LogP contribution in [0.25, 0.3) is 11.1 Å². The molecule has 0 atom stereocenters. The SMILES string of the molecule is COc1cc(-c2ccc3c(c2NC(=O)NS(=O)(=O)c2ccn(C(C)C)n2)CCC3)cc(C)n1. The number of nitrogens with one attached hydrogen (secondary N) is 2. The highest BCUT2D eigenvalue weighted by atomic mass is 32.2. The molecule has 2 aromatic heterocycles. The van der Waals surface area contributed by atoms with Gasteiger partial charge in [-0.25, -0.2) is 14.5 Å². The number of amides is 2. The second-order valence-electron chi connectivity index (χ2n) is 8.31. The summed E-state index contributed by atoms with van der Waals surface area (Å²) in [5.41, 5.74) is 5.11. The summed E-state index contributed by atoms with van der Waals surface area (Å²) in [7, 11) is -2.58. The number of sulfonamides is 1. The number of rotatable bonds is 6. The minimum Gasteiger partial charge on any atom is -0.481 e. The number of anilines is 1. The second-order valence-corrected chi connectivity index (χ2v) is 9.94. The van der Waals surface area contributed by atoms with Crippen molar-refractivity contribution in [2.75, 3.05) is 12.4 Å². The van der Waals surface area contributed by atoms with Crippen LogP contribution in [0.2, 0.25) is 0 Å². The van der Waals surface area contributed by atoms with Crippen LogP contribution in [0, 0.1) is 6.92 Å². The van der Waals surface area contributed by atoms with E-state index >= 15 is 0 Å². The summed E-state index contributed by atoms with van der Waals surface area (Å²) < 4.78 is 34.3. The number of urea groups is 1. The van der Waals surface area contributed by atoms with Gasteiger partial charge < -0.3 is 10.1 Å². The highest BCUT2D eigenvalue weighted by molar-refractivity contribution is 7.90. The number of hydrogen-bond acceptors (Lipinski definition) is 6. The quantitative estimate of drug-likeness (QED) is 0.567. The van der Waals surface area contributed by atoms with Gasteiger partial charge in [0.05, 0.1) is 12.8 Å². The molecule has 0 bridgehead atoms. The van der Waals surface area contributed by atoms with E-state index in [9.17, 15) is 13.2 Å². The summed E-state index contributed by atoms with van der Waals surface area (Å²) in [5.74, 6) is 0.462. The Morgan fingerprint density at radius 3 is 2.67 bits per heavy atom. The van der Waals surface area contributed by atoms with Crippen molar-refractivity contribution in [2.45, 2.75) is 51.1 Å². The molecule has 0 aliphatic heterocycles. The Hall–Kier alpha value is -3.40. The average molecular weight is 470 g/mol. The van der Waals surface area contributed by atoms with Crippen LogP contribution in [0.15, 0.2) is 41.6 Å².